The molecular weight excluding hydrogens is 326 g/mol. The Hall–Kier alpha value is -0.700. The van der Waals surface area contributed by atoms with E-state index in [2.05, 4.69) is 41.2 Å². The molecule has 0 radical (unpaired) electrons. The lowest BCUT2D eigenvalue weighted by Gasteiger charge is -2.22. The van der Waals surface area contributed by atoms with Crippen LogP contribution in [0, 0.1) is 12.8 Å². The molecule has 2 unspecified atom stereocenters. The third kappa shape index (κ3) is 4.64. The number of hydrogen-bond donors (Lipinski definition) is 1. The molecule has 0 saturated heterocycles. The van der Waals surface area contributed by atoms with Crippen molar-refractivity contribution >= 4 is 21.6 Å². The van der Waals surface area contributed by atoms with Gasteiger partial charge < -0.3 is 10.1 Å². The van der Waals surface area contributed by atoms with Gasteiger partial charge in [-0.15, -0.1) is 0 Å². The van der Waals surface area contributed by atoms with Crippen LogP contribution in [-0.2, 0) is 0 Å². The molecule has 21 heavy (non-hydrogen) atoms. The average molecular weight is 354 g/mol. The van der Waals surface area contributed by atoms with Gasteiger partial charge >= 0.3 is 0 Å². The maximum Gasteiger partial charge on any atom is 0.143 e. The molecule has 0 aromatic heterocycles. The number of methoxy groups -OCH3 is 1. The number of benzene rings is 1. The predicted molar refractivity (Wildman–Crippen MR) is 94.3 cm³/mol. The summed E-state index contributed by atoms with van der Waals surface area (Å²) in [5.41, 5.74) is 2.41. The summed E-state index contributed by atoms with van der Waals surface area (Å²) in [4.78, 5) is 0. The molecule has 1 fully saturated rings. The minimum Gasteiger partial charge on any atom is -0.495 e. The molecule has 1 aliphatic carbocycles. The van der Waals surface area contributed by atoms with Gasteiger partial charge in [-0.1, -0.05) is 48.5 Å². The summed E-state index contributed by atoms with van der Waals surface area (Å²) in [5, 5.41) is 3.75. The molecule has 0 aliphatic heterocycles. The average Bonchev–Trinajstić information content (AvgIpc) is 2.67. The third-order valence-corrected chi connectivity index (χ3v) is 5.08. The summed E-state index contributed by atoms with van der Waals surface area (Å²) in [6, 6.07) is 4.79. The van der Waals surface area contributed by atoms with Crippen molar-refractivity contribution in [2.75, 3.05) is 12.4 Å². The molecule has 1 saturated carbocycles. The van der Waals surface area contributed by atoms with Crippen LogP contribution in [0.25, 0.3) is 0 Å². The van der Waals surface area contributed by atoms with Crippen molar-refractivity contribution in [1.29, 1.82) is 0 Å². The van der Waals surface area contributed by atoms with Crippen LogP contribution in [-0.4, -0.2) is 13.2 Å². The molecule has 3 heteroatoms. The van der Waals surface area contributed by atoms with Gasteiger partial charge in [0, 0.05) is 10.5 Å². The molecule has 1 N–H and O–H groups in total. The molecule has 1 aromatic carbocycles. The zero-order valence-corrected chi connectivity index (χ0v) is 15.1. The summed E-state index contributed by atoms with van der Waals surface area (Å²) in [6.07, 6.45) is 9.39. The largest absolute Gasteiger partial charge is 0.495 e. The first-order valence-corrected chi connectivity index (χ1v) is 9.04. The highest BCUT2D eigenvalue weighted by Crippen LogP contribution is 2.35. The lowest BCUT2D eigenvalue weighted by Crippen LogP contribution is -2.19. The van der Waals surface area contributed by atoms with Crippen LogP contribution in [0.3, 0.4) is 0 Å². The maximum absolute atomic E-state index is 5.55. The Morgan fingerprint density at radius 2 is 2.05 bits per heavy atom. The molecule has 2 rings (SSSR count). The molecule has 0 amide bonds. The molecule has 0 heterocycles. The second-order valence-electron chi connectivity index (χ2n) is 6.30. The first kappa shape index (κ1) is 16.7. The third-order valence-electron chi connectivity index (χ3n) is 4.62. The van der Waals surface area contributed by atoms with E-state index in [0.29, 0.717) is 6.04 Å². The number of nitrogens with one attached hydrogen (secondary N) is 1. The SMILES string of the molecule is CCCC1CCCC(Nc2c(C)cc(Br)cc2OC)CC1. The van der Waals surface area contributed by atoms with E-state index < -0.39 is 0 Å². The van der Waals surface area contributed by atoms with E-state index >= 15 is 0 Å². The summed E-state index contributed by atoms with van der Waals surface area (Å²) in [5.74, 6) is 1.88. The van der Waals surface area contributed by atoms with Crippen LogP contribution in [0.4, 0.5) is 5.69 Å². The fourth-order valence-corrected chi connectivity index (χ4v) is 4.03. The fourth-order valence-electron chi connectivity index (χ4n) is 3.48. The zero-order valence-electron chi connectivity index (χ0n) is 13.5. The van der Waals surface area contributed by atoms with Crippen molar-refractivity contribution < 1.29 is 4.74 Å². The zero-order chi connectivity index (χ0) is 15.2. The molecule has 1 aliphatic rings. The van der Waals surface area contributed by atoms with Gasteiger partial charge in [-0.05, 0) is 49.8 Å². The number of rotatable bonds is 5. The molecule has 0 bridgehead atoms. The van der Waals surface area contributed by atoms with E-state index in [9.17, 15) is 0 Å². The molecule has 118 valence electrons. The minimum absolute atomic E-state index is 0.584. The standard InChI is InChI=1S/C18H28BrNO/c1-4-6-14-7-5-8-16(10-9-14)20-18-13(2)11-15(19)12-17(18)21-3/h11-12,14,16,20H,4-10H2,1-3H3. The number of hydrogen-bond acceptors (Lipinski definition) is 2. The summed E-state index contributed by atoms with van der Waals surface area (Å²) < 4.78 is 6.62. The van der Waals surface area contributed by atoms with Gasteiger partial charge in [0.25, 0.3) is 0 Å². The summed E-state index contributed by atoms with van der Waals surface area (Å²) >= 11 is 3.54. The Balaban J connectivity index is 2.04. The van der Waals surface area contributed by atoms with Crippen LogP contribution in [0.5, 0.6) is 5.75 Å². The fraction of sp³-hybridized carbons (Fsp3) is 0.667. The summed E-state index contributed by atoms with van der Waals surface area (Å²) in [7, 11) is 1.75. The molecule has 2 atom stereocenters. The number of aryl methyl sites for hydroxylation is 1. The molecule has 1 aromatic rings. The first-order valence-electron chi connectivity index (χ1n) is 8.24. The van der Waals surface area contributed by atoms with Crippen molar-refractivity contribution in [3.63, 3.8) is 0 Å². The Labute approximate surface area is 137 Å². The van der Waals surface area contributed by atoms with Gasteiger partial charge in [0.1, 0.15) is 5.75 Å². The van der Waals surface area contributed by atoms with Gasteiger partial charge in [-0.25, -0.2) is 0 Å². The van der Waals surface area contributed by atoms with Crippen molar-refractivity contribution in [1.82, 2.24) is 0 Å². The molecular formula is C18H28BrNO. The van der Waals surface area contributed by atoms with Gasteiger partial charge in [0.2, 0.25) is 0 Å². The summed E-state index contributed by atoms with van der Waals surface area (Å²) in [6.45, 7) is 4.45. The van der Waals surface area contributed by atoms with Gasteiger partial charge in [-0.2, -0.15) is 0 Å². The van der Waals surface area contributed by atoms with E-state index in [1.165, 1.54) is 56.2 Å². The highest BCUT2D eigenvalue weighted by Gasteiger charge is 2.20. The number of anilines is 1. The monoisotopic (exact) mass is 353 g/mol. The van der Waals surface area contributed by atoms with Crippen LogP contribution in [0.1, 0.15) is 57.4 Å². The van der Waals surface area contributed by atoms with Crippen molar-refractivity contribution in [2.24, 2.45) is 5.92 Å². The van der Waals surface area contributed by atoms with E-state index in [-0.39, 0.29) is 0 Å². The number of halogens is 1. The Morgan fingerprint density at radius 3 is 2.76 bits per heavy atom. The van der Waals surface area contributed by atoms with Gasteiger partial charge in [-0.3, -0.25) is 0 Å². The first-order chi connectivity index (χ1) is 10.1. The normalized spacial score (nSPS) is 22.7. The second-order valence-corrected chi connectivity index (χ2v) is 7.22. The Kier molecular flexibility index (Phi) is 6.40. The highest BCUT2D eigenvalue weighted by atomic mass is 79.9. The Morgan fingerprint density at radius 1 is 1.24 bits per heavy atom. The second kappa shape index (κ2) is 8.07. The predicted octanol–water partition coefficient (Wildman–Crippen LogP) is 5.93. The van der Waals surface area contributed by atoms with E-state index in [4.69, 9.17) is 4.74 Å². The van der Waals surface area contributed by atoms with E-state index in [1.54, 1.807) is 7.11 Å². The van der Waals surface area contributed by atoms with Crippen LogP contribution in [0.2, 0.25) is 0 Å². The van der Waals surface area contributed by atoms with Crippen molar-refractivity contribution in [3.8, 4) is 5.75 Å². The quantitative estimate of drug-likeness (QED) is 0.662. The van der Waals surface area contributed by atoms with Crippen molar-refractivity contribution in [3.05, 3.63) is 22.2 Å². The lowest BCUT2D eigenvalue weighted by molar-refractivity contribution is 0.414. The van der Waals surface area contributed by atoms with E-state index in [0.717, 1.165) is 16.1 Å². The topological polar surface area (TPSA) is 21.3 Å². The lowest BCUT2D eigenvalue weighted by atomic mass is 9.95. The van der Waals surface area contributed by atoms with Crippen LogP contribution >= 0.6 is 15.9 Å². The van der Waals surface area contributed by atoms with Crippen LogP contribution < -0.4 is 10.1 Å². The van der Waals surface area contributed by atoms with Crippen molar-refractivity contribution in [2.45, 2.75) is 64.8 Å². The smallest absolute Gasteiger partial charge is 0.143 e. The maximum atomic E-state index is 5.55. The highest BCUT2D eigenvalue weighted by molar-refractivity contribution is 9.10. The van der Waals surface area contributed by atoms with Gasteiger partial charge in [0.05, 0.1) is 12.8 Å². The van der Waals surface area contributed by atoms with Gasteiger partial charge in [0.15, 0.2) is 0 Å². The molecule has 0 spiro atoms. The minimum atomic E-state index is 0.584. The van der Waals surface area contributed by atoms with Crippen LogP contribution in [0.15, 0.2) is 16.6 Å². The number of ether oxygens (including phenoxy) is 1. The van der Waals surface area contributed by atoms with E-state index in [1.807, 2.05) is 6.07 Å². The Bertz CT molecular complexity index is 461. The molecule has 2 nitrogen and oxygen atoms in total.